The third-order valence-corrected chi connectivity index (χ3v) is 5.50. The highest BCUT2D eigenvalue weighted by atomic mass is 35.5. The van der Waals surface area contributed by atoms with Gasteiger partial charge in [-0.05, 0) is 48.4 Å². The second-order valence-corrected chi connectivity index (χ2v) is 8.03. The van der Waals surface area contributed by atoms with E-state index in [4.69, 9.17) is 11.6 Å². The molecule has 0 radical (unpaired) electrons. The van der Waals surface area contributed by atoms with Crippen molar-refractivity contribution in [2.75, 3.05) is 16.8 Å². The van der Waals surface area contributed by atoms with Crippen LogP contribution < -0.4 is 10.2 Å². The van der Waals surface area contributed by atoms with Crippen molar-refractivity contribution in [3.8, 4) is 0 Å². The van der Waals surface area contributed by atoms with Gasteiger partial charge in [0.1, 0.15) is 5.82 Å². The average Bonchev–Trinajstić information content (AvgIpc) is 2.78. The molecule has 1 aromatic heterocycles. The van der Waals surface area contributed by atoms with Crippen molar-refractivity contribution >= 4 is 39.7 Å². The van der Waals surface area contributed by atoms with Crippen molar-refractivity contribution in [1.29, 1.82) is 0 Å². The smallest absolute Gasteiger partial charge is 0.228 e. The molecule has 0 saturated heterocycles. The predicted molar refractivity (Wildman–Crippen MR) is 129 cm³/mol. The summed E-state index contributed by atoms with van der Waals surface area (Å²) in [5.41, 5.74) is 3.41. The van der Waals surface area contributed by atoms with Crippen LogP contribution in [0.2, 0.25) is 5.02 Å². The van der Waals surface area contributed by atoms with E-state index in [0.717, 1.165) is 34.1 Å². The molecule has 1 heterocycles. The highest BCUT2D eigenvalue weighted by Gasteiger charge is 2.12. The third-order valence-electron chi connectivity index (χ3n) is 5.28. The fourth-order valence-electron chi connectivity index (χ4n) is 3.71. The Morgan fingerprint density at radius 1 is 1.03 bits per heavy atom. The van der Waals surface area contributed by atoms with Crippen LogP contribution in [-0.2, 0) is 17.8 Å². The lowest BCUT2D eigenvalue weighted by Crippen LogP contribution is -2.22. The summed E-state index contributed by atoms with van der Waals surface area (Å²) in [6.45, 7) is 3.40. The number of anilines is 2. The van der Waals surface area contributed by atoms with Crippen LogP contribution in [0.25, 0.3) is 10.8 Å². The van der Waals surface area contributed by atoms with E-state index in [1.807, 2.05) is 43.3 Å². The summed E-state index contributed by atoms with van der Waals surface area (Å²) in [5.74, 6) is -0.396. The Balaban J connectivity index is 1.51. The van der Waals surface area contributed by atoms with Gasteiger partial charge in [0.25, 0.3) is 0 Å². The van der Waals surface area contributed by atoms with Gasteiger partial charge in [-0.2, -0.15) is 0 Å². The molecule has 162 valence electrons. The fourth-order valence-corrected chi connectivity index (χ4v) is 3.96. The van der Waals surface area contributed by atoms with Gasteiger partial charge >= 0.3 is 0 Å². The van der Waals surface area contributed by atoms with E-state index < -0.39 is 0 Å². The second kappa shape index (κ2) is 9.79. The van der Waals surface area contributed by atoms with E-state index in [0.29, 0.717) is 17.3 Å². The molecule has 0 fully saturated rings. The van der Waals surface area contributed by atoms with Crippen molar-refractivity contribution < 1.29 is 9.18 Å². The number of nitrogens with one attached hydrogen (secondary N) is 1. The minimum absolute atomic E-state index is 0.141. The molecule has 0 aliphatic rings. The predicted octanol–water partition coefficient (Wildman–Crippen LogP) is 6.24. The molecule has 1 amide bonds. The number of carbonyl (C=O) groups is 1. The molecule has 4 rings (SSSR count). The van der Waals surface area contributed by atoms with Gasteiger partial charge < -0.3 is 10.2 Å². The van der Waals surface area contributed by atoms with Crippen LogP contribution in [-0.4, -0.2) is 17.4 Å². The average molecular weight is 448 g/mol. The summed E-state index contributed by atoms with van der Waals surface area (Å²) >= 11 is 6.38. The van der Waals surface area contributed by atoms with Crippen LogP contribution in [0.5, 0.6) is 0 Å². The Morgan fingerprint density at radius 2 is 1.81 bits per heavy atom. The van der Waals surface area contributed by atoms with Gasteiger partial charge in [-0.25, -0.2) is 4.39 Å². The first-order chi connectivity index (χ1) is 15.5. The summed E-state index contributed by atoms with van der Waals surface area (Å²) in [4.78, 5) is 19.1. The SMILES string of the molecule is CCN(Cc1ccc(F)cc1)c1cc(Cl)cc(CC(=O)Nc2cncc3ccccc23)c1. The van der Waals surface area contributed by atoms with Gasteiger partial charge in [-0.15, -0.1) is 0 Å². The molecule has 32 heavy (non-hydrogen) atoms. The van der Waals surface area contributed by atoms with Crippen LogP contribution in [0.1, 0.15) is 18.1 Å². The van der Waals surface area contributed by atoms with E-state index in [-0.39, 0.29) is 18.1 Å². The Kier molecular flexibility index (Phi) is 6.66. The highest BCUT2D eigenvalue weighted by molar-refractivity contribution is 6.31. The number of benzene rings is 3. The largest absolute Gasteiger partial charge is 0.367 e. The fraction of sp³-hybridized carbons (Fsp3) is 0.154. The zero-order chi connectivity index (χ0) is 22.5. The summed E-state index contributed by atoms with van der Waals surface area (Å²) in [6, 6.07) is 19.9. The van der Waals surface area contributed by atoms with Crippen LogP contribution in [0.3, 0.4) is 0 Å². The van der Waals surface area contributed by atoms with Gasteiger partial charge in [0.2, 0.25) is 5.91 Å². The lowest BCUT2D eigenvalue weighted by atomic mass is 10.1. The van der Waals surface area contributed by atoms with Crippen LogP contribution in [0.4, 0.5) is 15.8 Å². The minimum atomic E-state index is -0.255. The van der Waals surface area contributed by atoms with E-state index in [2.05, 4.69) is 15.2 Å². The number of hydrogen-bond acceptors (Lipinski definition) is 3. The molecule has 0 atom stereocenters. The summed E-state index contributed by atoms with van der Waals surface area (Å²) < 4.78 is 13.2. The number of pyridine rings is 1. The number of carbonyl (C=O) groups excluding carboxylic acids is 1. The lowest BCUT2D eigenvalue weighted by Gasteiger charge is -2.24. The first kappa shape index (κ1) is 21.8. The Labute approximate surface area is 191 Å². The van der Waals surface area contributed by atoms with Crippen molar-refractivity contribution in [2.45, 2.75) is 19.9 Å². The van der Waals surface area contributed by atoms with E-state index in [1.54, 1.807) is 30.6 Å². The quantitative estimate of drug-likeness (QED) is 0.365. The number of rotatable bonds is 7. The van der Waals surface area contributed by atoms with E-state index in [9.17, 15) is 9.18 Å². The topological polar surface area (TPSA) is 45.2 Å². The molecule has 0 bridgehead atoms. The maximum atomic E-state index is 13.2. The Morgan fingerprint density at radius 3 is 2.59 bits per heavy atom. The number of aromatic nitrogens is 1. The standard InChI is InChI=1S/C26H23ClFN3O/c1-2-31(17-18-7-9-22(28)10-8-18)23-12-19(11-21(27)14-23)13-26(32)30-25-16-29-15-20-5-3-4-6-24(20)25/h3-12,14-16H,2,13,17H2,1H3,(H,30,32). The van der Waals surface area contributed by atoms with Gasteiger partial charge in [0.05, 0.1) is 18.3 Å². The van der Waals surface area contributed by atoms with Crippen molar-refractivity contribution in [1.82, 2.24) is 4.98 Å². The molecular formula is C26H23ClFN3O. The highest BCUT2D eigenvalue weighted by Crippen LogP contribution is 2.26. The molecule has 0 aliphatic heterocycles. The van der Waals surface area contributed by atoms with Crippen LogP contribution >= 0.6 is 11.6 Å². The minimum Gasteiger partial charge on any atom is -0.367 e. The lowest BCUT2D eigenvalue weighted by molar-refractivity contribution is -0.115. The third kappa shape index (κ3) is 5.24. The monoisotopic (exact) mass is 447 g/mol. The Hall–Kier alpha value is -3.44. The molecule has 0 aliphatic carbocycles. The number of halogens is 2. The van der Waals surface area contributed by atoms with Crippen molar-refractivity contribution in [3.63, 3.8) is 0 Å². The second-order valence-electron chi connectivity index (χ2n) is 7.59. The van der Waals surface area contributed by atoms with E-state index in [1.165, 1.54) is 12.1 Å². The number of amides is 1. The first-order valence-corrected chi connectivity index (χ1v) is 10.8. The summed E-state index contributed by atoms with van der Waals surface area (Å²) in [5, 5.41) is 5.44. The summed E-state index contributed by atoms with van der Waals surface area (Å²) in [7, 11) is 0. The first-order valence-electron chi connectivity index (χ1n) is 10.4. The summed E-state index contributed by atoms with van der Waals surface area (Å²) in [6.07, 6.45) is 3.62. The Bertz CT molecular complexity index is 1240. The maximum absolute atomic E-state index is 13.2. The normalized spacial score (nSPS) is 10.8. The van der Waals surface area contributed by atoms with Gasteiger partial charge in [-0.1, -0.05) is 48.0 Å². The number of hydrogen-bond donors (Lipinski definition) is 1. The number of nitrogens with zero attached hydrogens (tertiary/aromatic N) is 2. The van der Waals surface area contributed by atoms with Crippen molar-refractivity contribution in [2.24, 2.45) is 0 Å². The maximum Gasteiger partial charge on any atom is 0.228 e. The molecule has 0 spiro atoms. The van der Waals surface area contributed by atoms with Gasteiger partial charge in [0, 0.05) is 40.8 Å². The zero-order valence-corrected chi connectivity index (χ0v) is 18.4. The van der Waals surface area contributed by atoms with Gasteiger partial charge in [0.15, 0.2) is 0 Å². The molecular weight excluding hydrogens is 425 g/mol. The van der Waals surface area contributed by atoms with Crippen molar-refractivity contribution in [3.05, 3.63) is 101 Å². The van der Waals surface area contributed by atoms with Crippen LogP contribution in [0.15, 0.2) is 79.1 Å². The molecule has 1 N–H and O–H groups in total. The molecule has 0 unspecified atom stereocenters. The van der Waals surface area contributed by atoms with Gasteiger partial charge in [-0.3, -0.25) is 9.78 Å². The molecule has 4 nitrogen and oxygen atoms in total. The molecule has 4 aromatic rings. The van der Waals surface area contributed by atoms with Crippen LogP contribution in [0, 0.1) is 5.82 Å². The molecule has 0 saturated carbocycles. The molecule has 6 heteroatoms. The zero-order valence-electron chi connectivity index (χ0n) is 17.7. The van der Waals surface area contributed by atoms with E-state index >= 15 is 0 Å². The number of fused-ring (bicyclic) bond motifs is 1. The molecule has 3 aromatic carbocycles.